The number of nitrogens with zero attached hydrogens (tertiary/aromatic N) is 2. The van der Waals surface area contributed by atoms with Crippen LogP contribution in [0.25, 0.3) is 0 Å². The van der Waals surface area contributed by atoms with Gasteiger partial charge in [0, 0.05) is 18.8 Å². The van der Waals surface area contributed by atoms with Crippen LogP contribution in [0, 0.1) is 0 Å². The Morgan fingerprint density at radius 2 is 2.30 bits per heavy atom. The molecule has 1 heterocycles. The van der Waals surface area contributed by atoms with E-state index in [1.807, 2.05) is 0 Å². The molecular weight excluding hydrogens is 275 g/mol. The van der Waals surface area contributed by atoms with Crippen LogP contribution < -0.4 is 5.32 Å². The van der Waals surface area contributed by atoms with Gasteiger partial charge in [0.15, 0.2) is 0 Å². The van der Waals surface area contributed by atoms with Gasteiger partial charge in [-0.05, 0) is 19.3 Å². The zero-order valence-corrected chi connectivity index (χ0v) is 11.0. The van der Waals surface area contributed by atoms with Gasteiger partial charge in [-0.25, -0.2) is 0 Å². The number of nitrogens with one attached hydrogen (secondary N) is 1. The first kappa shape index (κ1) is 14.8. The zero-order valence-electron chi connectivity index (χ0n) is 11.0. The molecule has 8 heteroatoms. The van der Waals surface area contributed by atoms with Crippen LogP contribution in [0.3, 0.4) is 0 Å². The van der Waals surface area contributed by atoms with Crippen molar-refractivity contribution in [2.75, 3.05) is 7.11 Å². The Morgan fingerprint density at radius 1 is 1.60 bits per heavy atom. The van der Waals surface area contributed by atoms with Crippen LogP contribution in [0.5, 0.6) is 0 Å². The van der Waals surface area contributed by atoms with Gasteiger partial charge in [-0.2, -0.15) is 18.3 Å². The van der Waals surface area contributed by atoms with Crippen molar-refractivity contribution in [3.63, 3.8) is 0 Å². The maximum absolute atomic E-state index is 12.4. The maximum atomic E-state index is 12.4. The highest BCUT2D eigenvalue weighted by molar-refractivity contribution is 5.75. The molecule has 0 radical (unpaired) electrons. The molecule has 1 atom stereocenters. The van der Waals surface area contributed by atoms with Crippen LogP contribution in [0.1, 0.15) is 24.8 Å². The molecule has 0 amide bonds. The van der Waals surface area contributed by atoms with E-state index in [0.717, 1.165) is 25.2 Å². The SMILES string of the molecule is COC(=O)C(CCn1cc(C(F)(F)F)cn1)NC1CC1. The number of hydrogen-bond acceptors (Lipinski definition) is 4. The lowest BCUT2D eigenvalue weighted by Crippen LogP contribution is -2.39. The molecule has 0 saturated heterocycles. The van der Waals surface area contributed by atoms with Crippen molar-refractivity contribution in [3.8, 4) is 0 Å². The van der Waals surface area contributed by atoms with Crippen molar-refractivity contribution in [3.05, 3.63) is 18.0 Å². The number of carbonyl (C=O) groups excluding carboxylic acids is 1. The third-order valence-corrected chi connectivity index (χ3v) is 3.11. The van der Waals surface area contributed by atoms with E-state index in [9.17, 15) is 18.0 Å². The summed E-state index contributed by atoms with van der Waals surface area (Å²) in [7, 11) is 1.29. The molecule has 1 aromatic heterocycles. The molecule has 0 spiro atoms. The molecule has 2 rings (SSSR count). The first-order chi connectivity index (χ1) is 9.40. The third-order valence-electron chi connectivity index (χ3n) is 3.11. The summed E-state index contributed by atoms with van der Waals surface area (Å²) in [4.78, 5) is 11.6. The Kier molecular flexibility index (Phi) is 4.32. The Hall–Kier alpha value is -1.57. The molecule has 20 heavy (non-hydrogen) atoms. The number of alkyl halides is 3. The van der Waals surface area contributed by atoms with E-state index >= 15 is 0 Å². The minimum absolute atomic E-state index is 0.218. The number of ether oxygens (including phenoxy) is 1. The minimum Gasteiger partial charge on any atom is -0.468 e. The number of carbonyl (C=O) groups is 1. The summed E-state index contributed by atoms with van der Waals surface area (Å²) in [5, 5.41) is 6.76. The quantitative estimate of drug-likeness (QED) is 0.809. The smallest absolute Gasteiger partial charge is 0.419 e. The number of aromatic nitrogens is 2. The fourth-order valence-corrected chi connectivity index (χ4v) is 1.84. The Bertz CT molecular complexity index is 469. The molecule has 5 nitrogen and oxygen atoms in total. The molecule has 1 unspecified atom stereocenters. The monoisotopic (exact) mass is 291 g/mol. The number of halogens is 3. The van der Waals surface area contributed by atoms with Crippen molar-refractivity contribution in [2.24, 2.45) is 0 Å². The van der Waals surface area contributed by atoms with Crippen molar-refractivity contribution in [2.45, 2.75) is 44.1 Å². The summed E-state index contributed by atoms with van der Waals surface area (Å²) >= 11 is 0. The van der Waals surface area contributed by atoms with Crippen molar-refractivity contribution in [1.29, 1.82) is 0 Å². The average Bonchev–Trinajstić information content (AvgIpc) is 3.06. The lowest BCUT2D eigenvalue weighted by Gasteiger charge is -2.15. The van der Waals surface area contributed by atoms with Crippen LogP contribution in [-0.4, -0.2) is 34.9 Å². The molecule has 0 bridgehead atoms. The van der Waals surface area contributed by atoms with Gasteiger partial charge >= 0.3 is 12.1 Å². The average molecular weight is 291 g/mol. The summed E-state index contributed by atoms with van der Waals surface area (Å²) in [6.07, 6.45) is -0.331. The molecule has 0 aliphatic heterocycles. The molecule has 0 aromatic carbocycles. The number of methoxy groups -OCH3 is 1. The van der Waals surface area contributed by atoms with Crippen LogP contribution in [0.4, 0.5) is 13.2 Å². The molecule has 1 aromatic rings. The molecule has 1 saturated carbocycles. The number of rotatable bonds is 6. The summed E-state index contributed by atoms with van der Waals surface area (Å²) in [6, 6.07) is -0.200. The number of esters is 1. The van der Waals surface area contributed by atoms with Gasteiger partial charge in [-0.15, -0.1) is 0 Å². The van der Waals surface area contributed by atoms with Crippen LogP contribution >= 0.6 is 0 Å². The fraction of sp³-hybridized carbons (Fsp3) is 0.667. The lowest BCUT2D eigenvalue weighted by molar-refractivity contribution is -0.143. The largest absolute Gasteiger partial charge is 0.468 e. The highest BCUT2D eigenvalue weighted by Gasteiger charge is 2.32. The normalized spacial score (nSPS) is 17.0. The first-order valence-electron chi connectivity index (χ1n) is 6.33. The molecule has 1 fully saturated rings. The van der Waals surface area contributed by atoms with Crippen LogP contribution in [0.15, 0.2) is 12.4 Å². The molecule has 1 aliphatic rings. The van der Waals surface area contributed by atoms with Crippen molar-refractivity contribution in [1.82, 2.24) is 15.1 Å². The summed E-state index contributed by atoms with van der Waals surface area (Å²) < 4.78 is 43.1. The van der Waals surface area contributed by atoms with Crippen molar-refractivity contribution < 1.29 is 22.7 Å². The van der Waals surface area contributed by atoms with Gasteiger partial charge in [0.1, 0.15) is 6.04 Å². The molecule has 1 N–H and O–H groups in total. The topological polar surface area (TPSA) is 56.2 Å². The molecular formula is C12H16F3N3O2. The second-order valence-corrected chi connectivity index (χ2v) is 4.80. The first-order valence-corrected chi connectivity index (χ1v) is 6.33. The Labute approximate surface area is 114 Å². The predicted molar refractivity (Wildman–Crippen MR) is 63.8 cm³/mol. The van der Waals surface area contributed by atoms with Gasteiger partial charge < -0.3 is 10.1 Å². The van der Waals surface area contributed by atoms with Gasteiger partial charge in [0.2, 0.25) is 0 Å². The zero-order chi connectivity index (χ0) is 14.8. The van der Waals surface area contributed by atoms with E-state index in [2.05, 4.69) is 15.2 Å². The van der Waals surface area contributed by atoms with Gasteiger partial charge in [-0.3, -0.25) is 9.48 Å². The number of aryl methyl sites for hydroxylation is 1. The molecule has 1 aliphatic carbocycles. The third kappa shape index (κ3) is 3.96. The summed E-state index contributed by atoms with van der Waals surface area (Å²) in [5.41, 5.74) is -0.790. The van der Waals surface area contributed by atoms with Crippen molar-refractivity contribution >= 4 is 5.97 Å². The van der Waals surface area contributed by atoms with Crippen LogP contribution in [-0.2, 0) is 22.3 Å². The van der Waals surface area contributed by atoms with E-state index in [1.165, 1.54) is 11.8 Å². The van der Waals surface area contributed by atoms with Gasteiger partial charge in [0.25, 0.3) is 0 Å². The second-order valence-electron chi connectivity index (χ2n) is 4.80. The van der Waals surface area contributed by atoms with E-state index in [4.69, 9.17) is 0 Å². The Balaban J connectivity index is 1.91. The summed E-state index contributed by atoms with van der Waals surface area (Å²) in [5.74, 6) is -0.403. The minimum atomic E-state index is -4.40. The lowest BCUT2D eigenvalue weighted by atomic mass is 10.2. The number of hydrogen-bond donors (Lipinski definition) is 1. The van der Waals surface area contributed by atoms with E-state index < -0.39 is 23.8 Å². The predicted octanol–water partition coefficient (Wildman–Crippen LogP) is 1.59. The van der Waals surface area contributed by atoms with E-state index in [-0.39, 0.29) is 6.54 Å². The highest BCUT2D eigenvalue weighted by Crippen LogP contribution is 2.28. The standard InChI is InChI=1S/C12H16F3N3O2/c1-20-11(19)10(17-9-2-3-9)4-5-18-7-8(6-16-18)12(13,14)15/h6-7,9-10,17H,2-5H2,1H3. The summed E-state index contributed by atoms with van der Waals surface area (Å²) in [6.45, 7) is 0.218. The maximum Gasteiger partial charge on any atom is 0.419 e. The fourth-order valence-electron chi connectivity index (χ4n) is 1.84. The van der Waals surface area contributed by atoms with Crippen LogP contribution in [0.2, 0.25) is 0 Å². The Morgan fingerprint density at radius 3 is 2.80 bits per heavy atom. The van der Waals surface area contributed by atoms with E-state index in [1.54, 1.807) is 0 Å². The highest BCUT2D eigenvalue weighted by atomic mass is 19.4. The molecule has 112 valence electrons. The second kappa shape index (κ2) is 5.82. The van der Waals surface area contributed by atoms with Gasteiger partial charge in [-0.1, -0.05) is 0 Å². The van der Waals surface area contributed by atoms with E-state index in [0.29, 0.717) is 12.5 Å². The van der Waals surface area contributed by atoms with Gasteiger partial charge in [0.05, 0.1) is 18.9 Å².